The van der Waals surface area contributed by atoms with E-state index in [4.69, 9.17) is 0 Å². The van der Waals surface area contributed by atoms with E-state index in [2.05, 4.69) is 4.98 Å². The number of hydrogen-bond acceptors (Lipinski definition) is 2. The lowest BCUT2D eigenvalue weighted by Gasteiger charge is -1.96. The lowest BCUT2D eigenvalue weighted by molar-refractivity contribution is 0.637. The molecular weight excluding hydrogens is 187 g/mol. The van der Waals surface area contributed by atoms with Gasteiger partial charge >= 0.3 is 0 Å². The summed E-state index contributed by atoms with van der Waals surface area (Å²) in [7, 11) is 1.89. The van der Waals surface area contributed by atoms with E-state index in [0.717, 1.165) is 10.7 Å². The number of halogens is 1. The van der Waals surface area contributed by atoms with E-state index in [1.807, 2.05) is 23.9 Å². The average Bonchev–Trinajstić information content (AvgIpc) is 2.45. The molecule has 1 aromatic heterocycles. The smallest absolute Gasteiger partial charge is 0.168 e. The minimum absolute atomic E-state index is 0.256. The SMILES string of the molecule is CSc1nc2c(F)cccc2n1C. The molecule has 0 saturated heterocycles. The lowest BCUT2D eigenvalue weighted by atomic mass is 10.3. The van der Waals surface area contributed by atoms with Crippen molar-refractivity contribution < 1.29 is 4.39 Å². The monoisotopic (exact) mass is 196 g/mol. The van der Waals surface area contributed by atoms with Crippen molar-refractivity contribution in [3.05, 3.63) is 24.0 Å². The van der Waals surface area contributed by atoms with Crippen molar-refractivity contribution >= 4 is 22.8 Å². The van der Waals surface area contributed by atoms with Gasteiger partial charge in [0.25, 0.3) is 0 Å². The van der Waals surface area contributed by atoms with Gasteiger partial charge in [-0.2, -0.15) is 0 Å². The number of aromatic nitrogens is 2. The minimum Gasteiger partial charge on any atom is -0.322 e. The van der Waals surface area contributed by atoms with Crippen LogP contribution in [0.1, 0.15) is 0 Å². The van der Waals surface area contributed by atoms with Crippen LogP contribution in [0, 0.1) is 5.82 Å². The maximum atomic E-state index is 13.2. The van der Waals surface area contributed by atoms with Gasteiger partial charge in [0.1, 0.15) is 5.52 Å². The van der Waals surface area contributed by atoms with Gasteiger partial charge in [-0.1, -0.05) is 17.8 Å². The van der Waals surface area contributed by atoms with Crippen molar-refractivity contribution in [3.8, 4) is 0 Å². The molecule has 0 aliphatic heterocycles. The first-order chi connectivity index (χ1) is 6.24. The Morgan fingerprint density at radius 3 is 2.85 bits per heavy atom. The zero-order valence-electron chi connectivity index (χ0n) is 7.41. The number of benzene rings is 1. The Morgan fingerprint density at radius 1 is 1.46 bits per heavy atom. The molecule has 2 aromatic rings. The number of aryl methyl sites for hydroxylation is 1. The van der Waals surface area contributed by atoms with Gasteiger partial charge in [-0.25, -0.2) is 9.37 Å². The maximum absolute atomic E-state index is 13.2. The molecule has 0 radical (unpaired) electrons. The van der Waals surface area contributed by atoms with Crippen molar-refractivity contribution in [2.45, 2.75) is 5.16 Å². The van der Waals surface area contributed by atoms with Crippen LogP contribution >= 0.6 is 11.8 Å². The zero-order chi connectivity index (χ0) is 9.42. The number of imidazole rings is 1. The maximum Gasteiger partial charge on any atom is 0.168 e. The molecule has 0 aliphatic rings. The van der Waals surface area contributed by atoms with Gasteiger partial charge in [0.15, 0.2) is 11.0 Å². The molecule has 4 heteroatoms. The van der Waals surface area contributed by atoms with Gasteiger partial charge in [-0.15, -0.1) is 0 Å². The van der Waals surface area contributed by atoms with Crippen LogP contribution in [0.25, 0.3) is 11.0 Å². The topological polar surface area (TPSA) is 17.8 Å². The number of thioether (sulfide) groups is 1. The first-order valence-electron chi connectivity index (χ1n) is 3.89. The highest BCUT2D eigenvalue weighted by Crippen LogP contribution is 2.22. The van der Waals surface area contributed by atoms with Crippen LogP contribution in [-0.4, -0.2) is 15.8 Å². The average molecular weight is 196 g/mol. The highest BCUT2D eigenvalue weighted by atomic mass is 32.2. The molecule has 13 heavy (non-hydrogen) atoms. The number of para-hydroxylation sites is 1. The molecule has 68 valence electrons. The molecule has 0 atom stereocenters. The molecule has 0 amide bonds. The Hall–Kier alpha value is -1.03. The third kappa shape index (κ3) is 1.21. The third-order valence-corrected chi connectivity index (χ3v) is 2.73. The fourth-order valence-electron chi connectivity index (χ4n) is 1.34. The Balaban J connectivity index is 2.83. The molecule has 0 saturated carbocycles. The zero-order valence-corrected chi connectivity index (χ0v) is 8.23. The summed E-state index contributed by atoms with van der Waals surface area (Å²) < 4.78 is 15.1. The largest absolute Gasteiger partial charge is 0.322 e. The second-order valence-electron chi connectivity index (χ2n) is 2.77. The third-order valence-electron chi connectivity index (χ3n) is 2.00. The number of rotatable bonds is 1. The lowest BCUT2D eigenvalue weighted by Crippen LogP contribution is -1.88. The molecule has 0 bridgehead atoms. The summed E-state index contributed by atoms with van der Waals surface area (Å²) in [5.74, 6) is -0.256. The fourth-order valence-corrected chi connectivity index (χ4v) is 1.90. The second kappa shape index (κ2) is 3.03. The van der Waals surface area contributed by atoms with Gasteiger partial charge in [-0.3, -0.25) is 0 Å². The summed E-state index contributed by atoms with van der Waals surface area (Å²) in [4.78, 5) is 4.18. The first-order valence-corrected chi connectivity index (χ1v) is 5.11. The summed E-state index contributed by atoms with van der Waals surface area (Å²) >= 11 is 1.52. The van der Waals surface area contributed by atoms with Gasteiger partial charge in [0.05, 0.1) is 5.52 Å². The molecule has 1 heterocycles. The Morgan fingerprint density at radius 2 is 2.23 bits per heavy atom. The molecule has 2 rings (SSSR count). The van der Waals surface area contributed by atoms with E-state index < -0.39 is 0 Å². The molecule has 1 aromatic carbocycles. The van der Waals surface area contributed by atoms with Crippen molar-refractivity contribution in [1.82, 2.24) is 9.55 Å². The van der Waals surface area contributed by atoms with Gasteiger partial charge < -0.3 is 4.57 Å². The second-order valence-corrected chi connectivity index (χ2v) is 3.54. The first kappa shape index (κ1) is 8.56. The van der Waals surface area contributed by atoms with Crippen LogP contribution in [0.5, 0.6) is 0 Å². The van der Waals surface area contributed by atoms with Crippen LogP contribution in [-0.2, 0) is 7.05 Å². The molecule has 0 aliphatic carbocycles. The predicted octanol–water partition coefficient (Wildman–Crippen LogP) is 2.43. The Labute approximate surface area is 79.8 Å². The summed E-state index contributed by atoms with van der Waals surface area (Å²) in [6, 6.07) is 4.99. The van der Waals surface area contributed by atoms with Crippen molar-refractivity contribution in [2.75, 3.05) is 6.26 Å². The highest BCUT2D eigenvalue weighted by molar-refractivity contribution is 7.98. The summed E-state index contributed by atoms with van der Waals surface area (Å²) in [6.07, 6.45) is 1.93. The molecule has 0 N–H and O–H groups in total. The minimum atomic E-state index is -0.256. The Kier molecular flexibility index (Phi) is 2.00. The normalized spacial score (nSPS) is 11.0. The predicted molar refractivity (Wildman–Crippen MR) is 52.5 cm³/mol. The van der Waals surface area contributed by atoms with Crippen molar-refractivity contribution in [3.63, 3.8) is 0 Å². The van der Waals surface area contributed by atoms with E-state index in [1.165, 1.54) is 17.8 Å². The van der Waals surface area contributed by atoms with E-state index in [9.17, 15) is 4.39 Å². The van der Waals surface area contributed by atoms with Crippen molar-refractivity contribution in [1.29, 1.82) is 0 Å². The van der Waals surface area contributed by atoms with Gasteiger partial charge in [0, 0.05) is 7.05 Å². The number of nitrogens with zero attached hydrogens (tertiary/aromatic N) is 2. The standard InChI is InChI=1S/C9H9FN2S/c1-12-7-5-3-4-6(10)8(7)11-9(12)13-2/h3-5H,1-2H3. The molecule has 0 spiro atoms. The van der Waals surface area contributed by atoms with E-state index >= 15 is 0 Å². The van der Waals surface area contributed by atoms with Crippen LogP contribution in [0.15, 0.2) is 23.4 Å². The molecular formula is C9H9FN2S. The van der Waals surface area contributed by atoms with Crippen LogP contribution in [0.4, 0.5) is 4.39 Å². The summed E-state index contributed by atoms with van der Waals surface area (Å²) in [6.45, 7) is 0. The van der Waals surface area contributed by atoms with Gasteiger partial charge in [-0.05, 0) is 18.4 Å². The summed E-state index contributed by atoms with van der Waals surface area (Å²) in [5.41, 5.74) is 1.29. The van der Waals surface area contributed by atoms with Gasteiger partial charge in [0.2, 0.25) is 0 Å². The molecule has 0 unspecified atom stereocenters. The van der Waals surface area contributed by atoms with E-state index in [-0.39, 0.29) is 5.82 Å². The highest BCUT2D eigenvalue weighted by Gasteiger charge is 2.09. The molecule has 2 nitrogen and oxygen atoms in total. The van der Waals surface area contributed by atoms with Crippen molar-refractivity contribution in [2.24, 2.45) is 7.05 Å². The fraction of sp³-hybridized carbons (Fsp3) is 0.222. The van der Waals surface area contributed by atoms with Crippen LogP contribution < -0.4 is 0 Å². The molecule has 0 fully saturated rings. The number of fused-ring (bicyclic) bond motifs is 1. The number of hydrogen-bond donors (Lipinski definition) is 0. The quantitative estimate of drug-likeness (QED) is 0.652. The Bertz CT molecular complexity index is 450. The van der Waals surface area contributed by atoms with Crippen LogP contribution in [0.3, 0.4) is 0 Å². The summed E-state index contributed by atoms with van der Waals surface area (Å²) in [5, 5.41) is 0.833. The van der Waals surface area contributed by atoms with E-state index in [0.29, 0.717) is 5.52 Å². The van der Waals surface area contributed by atoms with Crippen LogP contribution in [0.2, 0.25) is 0 Å². The van der Waals surface area contributed by atoms with E-state index in [1.54, 1.807) is 6.07 Å².